The summed E-state index contributed by atoms with van der Waals surface area (Å²) < 4.78 is 0. The van der Waals surface area contributed by atoms with Crippen molar-refractivity contribution < 1.29 is 4.79 Å². The Morgan fingerprint density at radius 2 is 2.23 bits per heavy atom. The van der Waals surface area contributed by atoms with Gasteiger partial charge in [0.1, 0.15) is 5.82 Å². The Kier molecular flexibility index (Phi) is 2.62. The molecule has 0 aromatic carbocycles. The molecule has 3 N–H and O–H groups in total. The van der Waals surface area contributed by atoms with E-state index in [-0.39, 0.29) is 17.8 Å². The maximum atomic E-state index is 13.0. The Balaban J connectivity index is 1.88. The van der Waals surface area contributed by atoms with Crippen LogP contribution in [-0.2, 0) is 11.2 Å². The summed E-state index contributed by atoms with van der Waals surface area (Å²) in [6.07, 6.45) is 9.64. The van der Waals surface area contributed by atoms with Gasteiger partial charge in [0, 0.05) is 23.0 Å². The van der Waals surface area contributed by atoms with Crippen molar-refractivity contribution in [3.05, 3.63) is 53.1 Å². The lowest BCUT2D eigenvalue weighted by Crippen LogP contribution is -2.41. The average molecular weight is 294 g/mol. The average Bonchev–Trinajstić information content (AvgIpc) is 2.93. The molecular weight excluding hydrogens is 280 g/mol. The Labute approximate surface area is 126 Å². The summed E-state index contributed by atoms with van der Waals surface area (Å²) in [5, 5.41) is 6.72. The van der Waals surface area contributed by atoms with Gasteiger partial charge in [0.2, 0.25) is 11.9 Å². The van der Waals surface area contributed by atoms with Crippen LogP contribution >= 0.6 is 0 Å². The number of nitrogens with two attached hydrogens (primary N) is 1. The lowest BCUT2D eigenvalue weighted by atomic mass is 9.88. The molecular formula is C15H14N6O. The Hall–Kier alpha value is -2.96. The van der Waals surface area contributed by atoms with Crippen LogP contribution in [-0.4, -0.2) is 26.1 Å². The van der Waals surface area contributed by atoms with Gasteiger partial charge in [-0.05, 0) is 25.5 Å². The minimum atomic E-state index is -0.299. The lowest BCUT2D eigenvalue weighted by Gasteiger charge is -2.35. The van der Waals surface area contributed by atoms with Crippen LogP contribution in [0, 0.1) is 6.92 Å². The summed E-state index contributed by atoms with van der Waals surface area (Å²) in [6, 6.07) is 0. The zero-order valence-electron chi connectivity index (χ0n) is 11.9. The van der Waals surface area contributed by atoms with Crippen LogP contribution in [0.5, 0.6) is 0 Å². The predicted octanol–water partition coefficient (Wildman–Crippen LogP) is 1.22. The number of aryl methyl sites for hydroxylation is 1. The van der Waals surface area contributed by atoms with Crippen LogP contribution in [0.15, 0.2) is 36.3 Å². The van der Waals surface area contributed by atoms with Gasteiger partial charge < -0.3 is 5.73 Å². The summed E-state index contributed by atoms with van der Waals surface area (Å²) in [6.45, 7) is 1.89. The number of nitrogens with zero attached hydrogens (tertiary/aromatic N) is 4. The number of anilines is 2. The van der Waals surface area contributed by atoms with Crippen molar-refractivity contribution in [1.29, 1.82) is 0 Å². The highest BCUT2D eigenvalue weighted by Gasteiger charge is 2.38. The summed E-state index contributed by atoms with van der Waals surface area (Å²) in [7, 11) is 0. The Bertz CT molecular complexity index is 821. The third-order valence-corrected chi connectivity index (χ3v) is 4.06. The molecule has 0 saturated carbocycles. The van der Waals surface area contributed by atoms with Gasteiger partial charge in [-0.2, -0.15) is 10.1 Å². The highest BCUT2D eigenvalue weighted by Crippen LogP contribution is 2.38. The molecule has 0 bridgehead atoms. The van der Waals surface area contributed by atoms with Crippen molar-refractivity contribution in [3.63, 3.8) is 0 Å². The fraction of sp³-hybridized carbons (Fsp3) is 0.200. The number of carbonyl (C=O) groups excluding carboxylic acids is 1. The van der Waals surface area contributed by atoms with Crippen molar-refractivity contribution >= 4 is 17.7 Å². The minimum absolute atomic E-state index is 0.0259. The van der Waals surface area contributed by atoms with Crippen LogP contribution in [0.3, 0.4) is 0 Å². The van der Waals surface area contributed by atoms with E-state index >= 15 is 0 Å². The second kappa shape index (κ2) is 4.52. The van der Waals surface area contributed by atoms with E-state index in [1.807, 2.05) is 25.2 Å². The molecule has 2 aliphatic rings. The molecule has 1 aliphatic heterocycles. The molecule has 2 aromatic rings. The number of aromatic amines is 1. The SMILES string of the molecule is Cc1nc(N)nc2c1CC(c1cn[nH]c1)C(=O)N2C1=CC=C1. The number of allylic oxidation sites excluding steroid dienone is 3. The zero-order valence-corrected chi connectivity index (χ0v) is 11.9. The first-order valence-electron chi connectivity index (χ1n) is 6.99. The summed E-state index contributed by atoms with van der Waals surface area (Å²) in [5.41, 5.74) is 9.19. The minimum Gasteiger partial charge on any atom is -0.368 e. The highest BCUT2D eigenvalue weighted by atomic mass is 16.2. The quantitative estimate of drug-likeness (QED) is 0.867. The van der Waals surface area contributed by atoms with Crippen LogP contribution in [0.2, 0.25) is 0 Å². The fourth-order valence-corrected chi connectivity index (χ4v) is 2.87. The van der Waals surface area contributed by atoms with Crippen LogP contribution in [0.25, 0.3) is 0 Å². The van der Waals surface area contributed by atoms with Gasteiger partial charge in [-0.3, -0.25) is 14.8 Å². The van der Waals surface area contributed by atoms with E-state index in [9.17, 15) is 4.79 Å². The molecule has 0 saturated heterocycles. The standard InChI is InChI=1S/C15H14N6O/c1-8-11-5-12(9-6-17-18-7-9)14(22)21(10-3-2-4-10)13(11)20-15(16)19-8/h2-4,6-7,12H,5H2,1H3,(H,17,18)(H2,16,19,20). The Morgan fingerprint density at radius 1 is 1.41 bits per heavy atom. The number of hydrogen-bond acceptors (Lipinski definition) is 5. The molecule has 2 aromatic heterocycles. The topological polar surface area (TPSA) is 101 Å². The van der Waals surface area contributed by atoms with E-state index < -0.39 is 0 Å². The van der Waals surface area contributed by atoms with Crippen LogP contribution in [0.4, 0.5) is 11.8 Å². The smallest absolute Gasteiger partial charge is 0.240 e. The first-order chi connectivity index (χ1) is 10.6. The zero-order chi connectivity index (χ0) is 15.3. The third-order valence-electron chi connectivity index (χ3n) is 4.06. The number of nitrogen functional groups attached to an aromatic ring is 1. The van der Waals surface area contributed by atoms with E-state index in [1.54, 1.807) is 17.3 Å². The molecule has 7 nitrogen and oxygen atoms in total. The molecule has 7 heteroatoms. The lowest BCUT2D eigenvalue weighted by molar-refractivity contribution is -0.119. The van der Waals surface area contributed by atoms with E-state index in [0.29, 0.717) is 12.2 Å². The van der Waals surface area contributed by atoms with Gasteiger partial charge in [0.05, 0.1) is 17.8 Å². The maximum Gasteiger partial charge on any atom is 0.240 e. The monoisotopic (exact) mass is 294 g/mol. The second-order valence-electron chi connectivity index (χ2n) is 5.38. The molecule has 22 heavy (non-hydrogen) atoms. The Morgan fingerprint density at radius 3 is 2.86 bits per heavy atom. The van der Waals surface area contributed by atoms with Gasteiger partial charge in [-0.15, -0.1) is 0 Å². The van der Waals surface area contributed by atoms with Gasteiger partial charge in [-0.1, -0.05) is 6.08 Å². The molecule has 0 fully saturated rings. The van der Waals surface area contributed by atoms with Gasteiger partial charge in [0.25, 0.3) is 0 Å². The number of hydrogen-bond donors (Lipinski definition) is 2. The van der Waals surface area contributed by atoms with Crippen molar-refractivity contribution in [3.8, 4) is 0 Å². The first kappa shape index (κ1) is 12.8. The van der Waals surface area contributed by atoms with E-state index in [2.05, 4.69) is 20.2 Å². The van der Waals surface area contributed by atoms with Crippen molar-refractivity contribution in [2.75, 3.05) is 10.6 Å². The van der Waals surface area contributed by atoms with Crippen molar-refractivity contribution in [1.82, 2.24) is 20.2 Å². The van der Waals surface area contributed by atoms with Crippen LogP contribution in [0.1, 0.15) is 22.7 Å². The van der Waals surface area contributed by atoms with E-state index in [0.717, 1.165) is 22.5 Å². The number of aromatic nitrogens is 4. The van der Waals surface area contributed by atoms with E-state index in [4.69, 9.17) is 5.73 Å². The number of amides is 1. The molecule has 1 unspecified atom stereocenters. The molecule has 0 radical (unpaired) electrons. The summed E-state index contributed by atoms with van der Waals surface area (Å²) >= 11 is 0. The van der Waals surface area contributed by atoms with Gasteiger partial charge in [-0.25, -0.2) is 4.98 Å². The predicted molar refractivity (Wildman–Crippen MR) is 80.9 cm³/mol. The molecule has 1 amide bonds. The fourth-order valence-electron chi connectivity index (χ4n) is 2.87. The number of rotatable bonds is 2. The van der Waals surface area contributed by atoms with Crippen molar-refractivity contribution in [2.24, 2.45) is 0 Å². The first-order valence-corrected chi connectivity index (χ1v) is 6.99. The van der Waals surface area contributed by atoms with Crippen LogP contribution < -0.4 is 10.6 Å². The molecule has 4 rings (SSSR count). The number of H-pyrrole nitrogens is 1. The summed E-state index contributed by atoms with van der Waals surface area (Å²) in [5.74, 6) is 0.444. The molecule has 0 spiro atoms. The molecule has 110 valence electrons. The van der Waals surface area contributed by atoms with Gasteiger partial charge >= 0.3 is 0 Å². The van der Waals surface area contributed by atoms with Gasteiger partial charge in [0.15, 0.2) is 0 Å². The molecule has 3 heterocycles. The largest absolute Gasteiger partial charge is 0.368 e. The normalized spacial score (nSPS) is 19.7. The third kappa shape index (κ3) is 1.75. The number of carbonyl (C=O) groups is 1. The molecule has 1 atom stereocenters. The number of nitrogens with one attached hydrogen (secondary N) is 1. The molecule has 1 aliphatic carbocycles. The highest BCUT2D eigenvalue weighted by molar-refractivity contribution is 6.03. The van der Waals surface area contributed by atoms with E-state index in [1.165, 1.54) is 0 Å². The number of fused-ring (bicyclic) bond motifs is 1. The second-order valence-corrected chi connectivity index (χ2v) is 5.38. The van der Waals surface area contributed by atoms with Crippen molar-refractivity contribution in [2.45, 2.75) is 19.3 Å². The summed E-state index contributed by atoms with van der Waals surface area (Å²) in [4.78, 5) is 23.1. The maximum absolute atomic E-state index is 13.0.